The van der Waals surface area contributed by atoms with Crippen LogP contribution < -0.4 is 4.74 Å². The molecule has 0 aliphatic carbocycles. The third kappa shape index (κ3) is 6.14. The van der Waals surface area contributed by atoms with Gasteiger partial charge in [-0.3, -0.25) is 0 Å². The molecule has 8 nitrogen and oxygen atoms in total. The van der Waals surface area contributed by atoms with Crippen LogP contribution in [0.1, 0.15) is 18.4 Å². The van der Waals surface area contributed by atoms with Gasteiger partial charge in [-0.15, -0.1) is 0 Å². The number of ether oxygens (including phenoxy) is 1. The van der Waals surface area contributed by atoms with Crippen molar-refractivity contribution in [1.82, 2.24) is 19.1 Å². The van der Waals surface area contributed by atoms with Crippen molar-refractivity contribution in [2.45, 2.75) is 18.9 Å². The van der Waals surface area contributed by atoms with E-state index in [1.807, 2.05) is 24.0 Å². The number of aromatic nitrogens is 1. The maximum absolute atomic E-state index is 13.4. The van der Waals surface area contributed by atoms with Crippen LogP contribution in [0.2, 0.25) is 15.1 Å². The van der Waals surface area contributed by atoms with Gasteiger partial charge in [0.2, 0.25) is 15.9 Å². The normalized spacial score (nSPS) is 22.3. The molecule has 2 aromatic rings. The second-order valence-corrected chi connectivity index (χ2v) is 12.2. The minimum absolute atomic E-state index is 0.0340. The lowest BCUT2D eigenvalue weighted by molar-refractivity contribution is 0.126. The predicted octanol–water partition coefficient (Wildman–Crippen LogP) is 4.22. The molecule has 2 fully saturated rings. The Labute approximate surface area is 220 Å². The molecule has 2 aliphatic rings. The van der Waals surface area contributed by atoms with E-state index in [2.05, 4.69) is 4.98 Å². The zero-order chi connectivity index (χ0) is 25.3. The maximum atomic E-state index is 13.4. The third-order valence-electron chi connectivity index (χ3n) is 6.60. The number of nitrogens with zero attached hydrogens (tertiary/aromatic N) is 4. The third-order valence-corrected chi connectivity index (χ3v) is 8.86. The summed E-state index contributed by atoms with van der Waals surface area (Å²) >= 11 is 18.4. The van der Waals surface area contributed by atoms with Crippen LogP contribution in [0.5, 0.6) is 5.88 Å². The van der Waals surface area contributed by atoms with E-state index >= 15 is 0 Å². The summed E-state index contributed by atoms with van der Waals surface area (Å²) in [6, 6.07) is 8.85. The van der Waals surface area contributed by atoms with E-state index in [9.17, 15) is 13.2 Å². The Kier molecular flexibility index (Phi) is 8.02. The number of carbonyl (C=O) groups is 1. The average molecular weight is 562 g/mol. The molecule has 190 valence electrons. The average Bonchev–Trinajstić information content (AvgIpc) is 3.27. The number of hydrogen-bond acceptors (Lipinski definition) is 5. The number of carbonyl (C=O) groups excluding carboxylic acids is 1. The van der Waals surface area contributed by atoms with Gasteiger partial charge in [-0.1, -0.05) is 40.9 Å². The number of amides is 2. The quantitative estimate of drug-likeness (QED) is 0.546. The molecule has 1 aromatic heterocycles. The molecule has 0 bridgehead atoms. The minimum Gasteiger partial charge on any atom is -0.474 e. The van der Waals surface area contributed by atoms with Crippen LogP contribution in [0.4, 0.5) is 4.79 Å². The van der Waals surface area contributed by atoms with Gasteiger partial charge in [0, 0.05) is 63.4 Å². The van der Waals surface area contributed by atoms with E-state index in [4.69, 9.17) is 39.5 Å². The molecule has 12 heteroatoms. The second kappa shape index (κ2) is 10.7. The molecule has 4 rings (SSSR count). The Morgan fingerprint density at radius 3 is 2.34 bits per heavy atom. The molecule has 1 aromatic carbocycles. The molecule has 0 spiro atoms. The molecule has 2 aliphatic heterocycles. The standard InChI is InChI=1S/C23H27Cl3N4O4S/c1-15(34-22-6-4-17(24)12-27-22)18-13-29(14-19(18)16-3-5-20(25)21(26)11-16)23(31)28-7-9-30(10-8-28)35(2,32)33/h3-6,11-12,15,18-19H,7-10,13-14H2,1-2H3/t15-,18+,19+/m1/s1. The summed E-state index contributed by atoms with van der Waals surface area (Å²) in [5, 5.41) is 1.45. The van der Waals surface area contributed by atoms with Crippen molar-refractivity contribution in [3.63, 3.8) is 0 Å². The zero-order valence-corrected chi connectivity index (χ0v) is 22.5. The highest BCUT2D eigenvalue weighted by Gasteiger charge is 2.42. The van der Waals surface area contributed by atoms with E-state index in [-0.39, 0.29) is 24.0 Å². The Morgan fingerprint density at radius 2 is 1.74 bits per heavy atom. The number of piperazine rings is 1. The number of rotatable bonds is 5. The first-order valence-corrected chi connectivity index (χ1v) is 14.2. The predicted molar refractivity (Wildman–Crippen MR) is 137 cm³/mol. The number of benzene rings is 1. The van der Waals surface area contributed by atoms with Gasteiger partial charge in [-0.2, -0.15) is 4.31 Å². The number of likely N-dealkylation sites (tertiary alicyclic amines) is 1. The molecule has 0 unspecified atom stereocenters. The smallest absolute Gasteiger partial charge is 0.320 e. The van der Waals surface area contributed by atoms with Gasteiger partial charge in [0.1, 0.15) is 6.10 Å². The van der Waals surface area contributed by atoms with E-state index in [0.717, 1.165) is 5.56 Å². The van der Waals surface area contributed by atoms with Gasteiger partial charge in [0.05, 0.1) is 21.3 Å². The van der Waals surface area contributed by atoms with Crippen molar-refractivity contribution in [1.29, 1.82) is 0 Å². The van der Waals surface area contributed by atoms with Gasteiger partial charge >= 0.3 is 6.03 Å². The molecular formula is C23H27Cl3N4O4S. The topological polar surface area (TPSA) is 83.1 Å². The molecule has 3 heterocycles. The van der Waals surface area contributed by atoms with Gasteiger partial charge < -0.3 is 14.5 Å². The maximum Gasteiger partial charge on any atom is 0.320 e. The SMILES string of the molecule is C[C@@H](Oc1ccc(Cl)cn1)[C@@H]1CN(C(=O)N2CCN(S(C)(=O)=O)CC2)C[C@H]1c1ccc(Cl)c(Cl)c1. The number of pyridine rings is 1. The molecule has 0 saturated carbocycles. The summed E-state index contributed by atoms with van der Waals surface area (Å²) in [5.41, 5.74) is 0.973. The number of hydrogen-bond donors (Lipinski definition) is 0. The summed E-state index contributed by atoms with van der Waals surface area (Å²) in [4.78, 5) is 21.1. The van der Waals surface area contributed by atoms with Gasteiger partial charge in [0.15, 0.2) is 0 Å². The Hall–Kier alpha value is -1.78. The fourth-order valence-corrected chi connectivity index (χ4v) is 5.92. The number of urea groups is 1. The molecule has 2 saturated heterocycles. The lowest BCUT2D eigenvalue weighted by atomic mass is 9.86. The van der Waals surface area contributed by atoms with Crippen molar-refractivity contribution >= 4 is 50.9 Å². The Morgan fingerprint density at radius 1 is 1.03 bits per heavy atom. The first kappa shape index (κ1) is 26.3. The van der Waals surface area contributed by atoms with Crippen molar-refractivity contribution in [3.05, 3.63) is 57.2 Å². The van der Waals surface area contributed by atoms with Crippen LogP contribution in [-0.2, 0) is 10.0 Å². The second-order valence-electron chi connectivity index (χ2n) is 8.92. The fourth-order valence-electron chi connectivity index (χ4n) is 4.68. The van der Waals surface area contributed by atoms with E-state index in [1.165, 1.54) is 16.8 Å². The largest absolute Gasteiger partial charge is 0.474 e. The van der Waals surface area contributed by atoms with E-state index in [1.54, 1.807) is 23.1 Å². The number of halogens is 3. The lowest BCUT2D eigenvalue weighted by Gasteiger charge is -2.35. The minimum atomic E-state index is -3.27. The highest BCUT2D eigenvalue weighted by atomic mass is 35.5. The van der Waals surface area contributed by atoms with Crippen molar-refractivity contribution in [2.24, 2.45) is 5.92 Å². The highest BCUT2D eigenvalue weighted by Crippen LogP contribution is 2.38. The summed E-state index contributed by atoms with van der Waals surface area (Å²) in [6.07, 6.45) is 2.46. The van der Waals surface area contributed by atoms with E-state index < -0.39 is 10.0 Å². The Bertz CT molecular complexity index is 1170. The molecule has 0 N–H and O–H groups in total. The monoisotopic (exact) mass is 560 g/mol. The van der Waals surface area contributed by atoms with Crippen LogP contribution in [0, 0.1) is 5.92 Å². The molecular weight excluding hydrogens is 535 g/mol. The lowest BCUT2D eigenvalue weighted by Crippen LogP contribution is -2.53. The molecule has 3 atom stereocenters. The van der Waals surface area contributed by atoms with Crippen LogP contribution in [0.15, 0.2) is 36.5 Å². The summed E-state index contributed by atoms with van der Waals surface area (Å²) in [5.74, 6) is 0.385. The van der Waals surface area contributed by atoms with Crippen molar-refractivity contribution in [2.75, 3.05) is 45.5 Å². The Balaban J connectivity index is 1.52. The van der Waals surface area contributed by atoms with Crippen LogP contribution in [-0.4, -0.2) is 85.2 Å². The summed E-state index contributed by atoms with van der Waals surface area (Å²) < 4.78 is 31.2. The van der Waals surface area contributed by atoms with Crippen molar-refractivity contribution in [3.8, 4) is 5.88 Å². The summed E-state index contributed by atoms with van der Waals surface area (Å²) in [7, 11) is -3.27. The molecule has 2 amide bonds. The number of sulfonamides is 1. The van der Waals surface area contributed by atoms with Gasteiger partial charge in [-0.25, -0.2) is 18.2 Å². The van der Waals surface area contributed by atoms with E-state index in [0.29, 0.717) is 60.2 Å². The van der Waals surface area contributed by atoms with Crippen LogP contribution >= 0.6 is 34.8 Å². The van der Waals surface area contributed by atoms with Crippen molar-refractivity contribution < 1.29 is 17.9 Å². The molecule has 0 radical (unpaired) electrons. The van der Waals surface area contributed by atoms with Crippen LogP contribution in [0.25, 0.3) is 0 Å². The highest BCUT2D eigenvalue weighted by molar-refractivity contribution is 7.88. The van der Waals surface area contributed by atoms with Crippen LogP contribution in [0.3, 0.4) is 0 Å². The van der Waals surface area contributed by atoms with Gasteiger partial charge in [0.25, 0.3) is 0 Å². The fraction of sp³-hybridized carbons (Fsp3) is 0.478. The van der Waals surface area contributed by atoms with Gasteiger partial charge in [-0.05, 0) is 30.7 Å². The molecule has 35 heavy (non-hydrogen) atoms. The summed E-state index contributed by atoms with van der Waals surface area (Å²) in [6.45, 7) is 4.21. The first-order chi connectivity index (χ1) is 16.5. The first-order valence-electron chi connectivity index (χ1n) is 11.2. The zero-order valence-electron chi connectivity index (χ0n) is 19.4.